The Morgan fingerprint density at radius 1 is 0.925 bits per heavy atom. The number of rotatable bonds is 9. The molecule has 3 aromatic carbocycles. The lowest BCUT2D eigenvalue weighted by Gasteiger charge is -2.30. The first-order chi connectivity index (χ1) is 19.4. The highest BCUT2D eigenvalue weighted by Gasteiger charge is 2.34. The zero-order valence-corrected chi connectivity index (χ0v) is 21.6. The quantitative estimate of drug-likeness (QED) is 0.276. The van der Waals surface area contributed by atoms with Crippen LogP contribution in [0.3, 0.4) is 0 Å². The van der Waals surface area contributed by atoms with Crippen molar-refractivity contribution in [3.8, 4) is 11.4 Å². The molecule has 2 heterocycles. The Kier molecular flexibility index (Phi) is 7.97. The maximum absolute atomic E-state index is 14.3. The van der Waals surface area contributed by atoms with E-state index in [4.69, 9.17) is 0 Å². The number of hydrogen-bond donors (Lipinski definition) is 1. The molecule has 5 aromatic rings. The van der Waals surface area contributed by atoms with Gasteiger partial charge in [-0.2, -0.15) is 4.80 Å². The molecule has 0 bridgehead atoms. The predicted octanol–water partition coefficient (Wildman–Crippen LogP) is 4.91. The normalized spacial score (nSPS) is 11.7. The summed E-state index contributed by atoms with van der Waals surface area (Å²) in [6.07, 6.45) is 0. The van der Waals surface area contributed by atoms with Gasteiger partial charge < -0.3 is 5.32 Å². The van der Waals surface area contributed by atoms with Gasteiger partial charge in [0.05, 0.1) is 5.56 Å². The van der Waals surface area contributed by atoms with Crippen LogP contribution in [0, 0.1) is 17.5 Å². The molecule has 0 aliphatic heterocycles. The fraction of sp³-hybridized carbons (Fsp3) is 0.107. The minimum Gasteiger partial charge on any atom is -0.350 e. The van der Waals surface area contributed by atoms with E-state index in [1.54, 1.807) is 23.6 Å². The molecule has 1 unspecified atom stereocenters. The van der Waals surface area contributed by atoms with Gasteiger partial charge in [0.25, 0.3) is 5.91 Å². The Hall–Kier alpha value is -4.84. The van der Waals surface area contributed by atoms with E-state index in [0.29, 0.717) is 10.4 Å². The van der Waals surface area contributed by atoms with E-state index in [2.05, 4.69) is 20.7 Å². The van der Waals surface area contributed by atoms with Crippen LogP contribution in [0.2, 0.25) is 0 Å². The molecule has 0 radical (unpaired) electrons. The molecule has 0 saturated carbocycles. The van der Waals surface area contributed by atoms with Gasteiger partial charge in [-0.3, -0.25) is 14.5 Å². The van der Waals surface area contributed by atoms with Gasteiger partial charge in [0.2, 0.25) is 11.7 Å². The Morgan fingerprint density at radius 3 is 2.45 bits per heavy atom. The summed E-state index contributed by atoms with van der Waals surface area (Å²) >= 11 is 1.25. The smallest absolute Gasteiger partial charge is 0.251 e. The number of aromatic nitrogens is 4. The lowest BCUT2D eigenvalue weighted by molar-refractivity contribution is -0.127. The van der Waals surface area contributed by atoms with E-state index >= 15 is 0 Å². The third kappa shape index (κ3) is 6.07. The highest BCUT2D eigenvalue weighted by atomic mass is 32.1. The highest BCUT2D eigenvalue weighted by Crippen LogP contribution is 2.31. The maximum Gasteiger partial charge on any atom is 0.251 e. The van der Waals surface area contributed by atoms with Gasteiger partial charge >= 0.3 is 0 Å². The van der Waals surface area contributed by atoms with Crippen molar-refractivity contribution in [2.24, 2.45) is 0 Å². The molecule has 1 N–H and O–H groups in total. The number of tetrazole rings is 1. The van der Waals surface area contributed by atoms with Crippen molar-refractivity contribution in [3.63, 3.8) is 0 Å². The van der Waals surface area contributed by atoms with Gasteiger partial charge in [-0.25, -0.2) is 13.2 Å². The van der Waals surface area contributed by atoms with Gasteiger partial charge in [0, 0.05) is 17.1 Å². The maximum atomic E-state index is 14.3. The number of hydrogen-bond acceptors (Lipinski definition) is 6. The third-order valence-corrected chi connectivity index (χ3v) is 6.82. The Balaban J connectivity index is 1.46. The van der Waals surface area contributed by atoms with Gasteiger partial charge in [0.1, 0.15) is 30.0 Å². The molecule has 8 nitrogen and oxygen atoms in total. The van der Waals surface area contributed by atoms with Crippen LogP contribution >= 0.6 is 11.3 Å². The summed E-state index contributed by atoms with van der Waals surface area (Å²) in [7, 11) is 0. The SMILES string of the molecule is O=C(NCc1ccc(F)cc1)C(c1cccs1)N(C(=O)Cn1nnc(-c2ccccc2F)n1)c1cccc(F)c1. The van der Waals surface area contributed by atoms with Gasteiger partial charge in [-0.15, -0.1) is 21.5 Å². The van der Waals surface area contributed by atoms with E-state index in [0.717, 1.165) is 10.9 Å². The second-order valence-electron chi connectivity index (χ2n) is 8.63. The van der Waals surface area contributed by atoms with E-state index in [1.165, 1.54) is 76.9 Å². The molecule has 0 aliphatic rings. The zero-order chi connectivity index (χ0) is 28.1. The van der Waals surface area contributed by atoms with Crippen molar-refractivity contribution in [2.75, 3.05) is 4.90 Å². The molecule has 1 atom stereocenters. The second-order valence-corrected chi connectivity index (χ2v) is 9.61. The fourth-order valence-corrected chi connectivity index (χ4v) is 4.84. The second kappa shape index (κ2) is 11.9. The van der Waals surface area contributed by atoms with Crippen LogP contribution in [0.25, 0.3) is 11.4 Å². The van der Waals surface area contributed by atoms with E-state index < -0.39 is 41.9 Å². The minimum absolute atomic E-state index is 0.0185. The summed E-state index contributed by atoms with van der Waals surface area (Å²) in [5.74, 6) is -2.76. The van der Waals surface area contributed by atoms with E-state index in [-0.39, 0.29) is 23.6 Å². The molecule has 0 spiro atoms. The van der Waals surface area contributed by atoms with E-state index in [1.807, 2.05) is 0 Å². The number of anilines is 1. The predicted molar refractivity (Wildman–Crippen MR) is 142 cm³/mol. The molecule has 0 aliphatic carbocycles. The van der Waals surface area contributed by atoms with Gasteiger partial charge in [-0.1, -0.05) is 36.4 Å². The average molecular weight is 563 g/mol. The molecular formula is C28H21F3N6O2S. The van der Waals surface area contributed by atoms with Crippen LogP contribution in [-0.2, 0) is 22.7 Å². The van der Waals surface area contributed by atoms with Crippen molar-refractivity contribution in [3.05, 3.63) is 118 Å². The average Bonchev–Trinajstić information content (AvgIpc) is 3.64. The van der Waals surface area contributed by atoms with Crippen molar-refractivity contribution < 1.29 is 22.8 Å². The summed E-state index contributed by atoms with van der Waals surface area (Å²) in [5.41, 5.74) is 0.894. The topological polar surface area (TPSA) is 93.0 Å². The summed E-state index contributed by atoms with van der Waals surface area (Å²) in [6, 6.07) is 19.1. The third-order valence-electron chi connectivity index (χ3n) is 5.90. The largest absolute Gasteiger partial charge is 0.350 e. The van der Waals surface area contributed by atoms with Crippen LogP contribution < -0.4 is 10.2 Å². The first-order valence-corrected chi connectivity index (χ1v) is 12.9. The lowest BCUT2D eigenvalue weighted by Crippen LogP contribution is -2.45. The van der Waals surface area contributed by atoms with Crippen LogP contribution in [0.5, 0.6) is 0 Å². The van der Waals surface area contributed by atoms with Crippen LogP contribution in [-0.4, -0.2) is 32.0 Å². The zero-order valence-electron chi connectivity index (χ0n) is 20.7. The number of nitrogens with zero attached hydrogens (tertiary/aromatic N) is 5. The first kappa shape index (κ1) is 26.8. The molecule has 0 fully saturated rings. The van der Waals surface area contributed by atoms with E-state index in [9.17, 15) is 22.8 Å². The van der Waals surface area contributed by atoms with Crippen LogP contribution in [0.1, 0.15) is 16.5 Å². The molecule has 5 rings (SSSR count). The van der Waals surface area contributed by atoms with Crippen molar-refractivity contribution in [1.29, 1.82) is 0 Å². The Morgan fingerprint density at radius 2 is 1.73 bits per heavy atom. The minimum atomic E-state index is -1.18. The molecular weight excluding hydrogens is 541 g/mol. The number of thiophene rings is 1. The molecule has 202 valence electrons. The van der Waals surface area contributed by atoms with Crippen LogP contribution in [0.15, 0.2) is 90.3 Å². The van der Waals surface area contributed by atoms with Crippen molar-refractivity contribution in [1.82, 2.24) is 25.5 Å². The monoisotopic (exact) mass is 562 g/mol. The summed E-state index contributed by atoms with van der Waals surface area (Å²) in [4.78, 5) is 30.1. The Labute approximate surface area is 230 Å². The van der Waals surface area contributed by atoms with Crippen molar-refractivity contribution >= 4 is 28.8 Å². The molecule has 2 aromatic heterocycles. The summed E-state index contributed by atoms with van der Waals surface area (Å²) in [5, 5.41) is 16.4. The molecule has 2 amide bonds. The molecule has 40 heavy (non-hydrogen) atoms. The number of nitrogens with one attached hydrogen (secondary N) is 1. The molecule has 0 saturated heterocycles. The summed E-state index contributed by atoms with van der Waals surface area (Å²) < 4.78 is 41.8. The molecule has 12 heteroatoms. The first-order valence-electron chi connectivity index (χ1n) is 12.0. The Bertz CT molecular complexity index is 1630. The van der Waals surface area contributed by atoms with Gasteiger partial charge in [-0.05, 0) is 64.7 Å². The van der Waals surface area contributed by atoms with Crippen molar-refractivity contribution in [2.45, 2.75) is 19.1 Å². The van der Waals surface area contributed by atoms with Gasteiger partial charge in [0.15, 0.2) is 0 Å². The number of halogens is 3. The standard InChI is InChI=1S/C28H21F3N6O2S/c29-19-12-10-18(11-13-19)16-32-28(39)26(24-9-4-14-40-24)37(21-6-3-5-20(30)15-21)25(38)17-36-34-27(33-35-36)22-7-1-2-8-23(22)31/h1-15,26H,16-17H2,(H,32,39). The van der Waals surface area contributed by atoms with Crippen LogP contribution in [0.4, 0.5) is 18.9 Å². The number of carbonyl (C=O) groups is 2. The lowest BCUT2D eigenvalue weighted by atomic mass is 10.1. The number of benzene rings is 3. The number of carbonyl (C=O) groups excluding carboxylic acids is 2. The fourth-order valence-electron chi connectivity index (χ4n) is 4.03. The summed E-state index contributed by atoms with van der Waals surface area (Å²) in [6.45, 7) is -0.395. The number of amides is 2. The highest BCUT2D eigenvalue weighted by molar-refractivity contribution is 7.10.